The average molecular weight is 413 g/mol. The molecule has 0 radical (unpaired) electrons. The predicted molar refractivity (Wildman–Crippen MR) is 111 cm³/mol. The number of nitrogens with one attached hydrogen (secondary N) is 2. The lowest BCUT2D eigenvalue weighted by molar-refractivity contribution is -0.132. The van der Waals surface area contributed by atoms with Gasteiger partial charge in [-0.15, -0.1) is 0 Å². The number of nitrogens with zero attached hydrogens (tertiary/aromatic N) is 1. The first-order chi connectivity index (χ1) is 14.2. The van der Waals surface area contributed by atoms with Gasteiger partial charge in [-0.1, -0.05) is 32.0 Å². The highest BCUT2D eigenvalue weighted by molar-refractivity contribution is 6.00. The van der Waals surface area contributed by atoms with Crippen molar-refractivity contribution < 1.29 is 23.6 Å². The number of rotatable bonds is 6. The zero-order valence-corrected chi connectivity index (χ0v) is 17.4. The van der Waals surface area contributed by atoms with E-state index < -0.39 is 23.9 Å². The Hall–Kier alpha value is -3.16. The summed E-state index contributed by atoms with van der Waals surface area (Å²) >= 11 is 0. The van der Waals surface area contributed by atoms with Crippen molar-refractivity contribution in [1.82, 2.24) is 15.5 Å². The number of furan rings is 1. The lowest BCUT2D eigenvalue weighted by Gasteiger charge is -2.23. The first-order valence-electron chi connectivity index (χ1n) is 10.1. The Bertz CT molecular complexity index is 932. The maximum Gasteiger partial charge on any atom is 0.287 e. The van der Waals surface area contributed by atoms with Crippen LogP contribution in [-0.4, -0.2) is 54.1 Å². The Balaban J connectivity index is 1.71. The van der Waals surface area contributed by atoms with Crippen molar-refractivity contribution in [2.75, 3.05) is 13.6 Å². The van der Waals surface area contributed by atoms with Gasteiger partial charge in [0.2, 0.25) is 11.8 Å². The zero-order chi connectivity index (χ0) is 21.8. The summed E-state index contributed by atoms with van der Waals surface area (Å²) in [5, 5.41) is 6.25. The zero-order valence-electron chi connectivity index (χ0n) is 17.4. The Kier molecular flexibility index (Phi) is 6.54. The largest absolute Gasteiger partial charge is 0.451 e. The van der Waals surface area contributed by atoms with Crippen LogP contribution in [0.1, 0.15) is 43.7 Å². The fraction of sp³-hybridized carbons (Fsp3) is 0.455. The van der Waals surface area contributed by atoms with E-state index in [-0.39, 0.29) is 42.8 Å². The molecule has 3 amide bonds. The van der Waals surface area contributed by atoms with Crippen molar-refractivity contribution in [2.24, 2.45) is 5.92 Å². The molecule has 2 aromatic rings. The molecular formula is C22H27N3O5. The predicted octanol–water partition coefficient (Wildman–Crippen LogP) is 1.88. The van der Waals surface area contributed by atoms with Gasteiger partial charge in [0.1, 0.15) is 11.6 Å². The summed E-state index contributed by atoms with van der Waals surface area (Å²) in [6, 6.07) is 7.32. The molecule has 8 nitrogen and oxygen atoms in total. The minimum atomic E-state index is -0.824. The van der Waals surface area contributed by atoms with Gasteiger partial charge < -0.3 is 20.0 Å². The summed E-state index contributed by atoms with van der Waals surface area (Å²) in [6.07, 6.45) is 0.838. The molecule has 0 bridgehead atoms. The van der Waals surface area contributed by atoms with Crippen molar-refractivity contribution >= 4 is 34.5 Å². The van der Waals surface area contributed by atoms with Gasteiger partial charge in [0, 0.05) is 18.9 Å². The van der Waals surface area contributed by atoms with Gasteiger partial charge in [0.05, 0.1) is 12.6 Å². The van der Waals surface area contributed by atoms with Crippen LogP contribution in [0, 0.1) is 5.92 Å². The molecule has 1 aliphatic heterocycles. The third kappa shape index (κ3) is 5.06. The van der Waals surface area contributed by atoms with Gasteiger partial charge >= 0.3 is 0 Å². The Morgan fingerprint density at radius 3 is 2.67 bits per heavy atom. The fourth-order valence-electron chi connectivity index (χ4n) is 3.50. The normalized spacial score (nSPS) is 18.4. The van der Waals surface area contributed by atoms with E-state index in [1.54, 1.807) is 19.2 Å². The summed E-state index contributed by atoms with van der Waals surface area (Å²) in [7, 11) is 1.57. The standard InChI is InChI=1S/C22H27N3O5/c1-13(2)10-16(21(28)23-15-8-9-20(27)25(3)12-17(15)26)24-22(29)19-11-14-6-4-5-7-18(14)30-19/h4-7,11,13,15-16H,8-10,12H2,1-3H3,(H,23,28)(H,24,29)/t15-,16-/m0/s1. The molecule has 30 heavy (non-hydrogen) atoms. The van der Waals surface area contributed by atoms with E-state index in [9.17, 15) is 19.2 Å². The molecular weight excluding hydrogens is 386 g/mol. The van der Waals surface area contributed by atoms with E-state index in [1.165, 1.54) is 4.90 Å². The second-order valence-corrected chi connectivity index (χ2v) is 8.12. The number of para-hydroxylation sites is 1. The molecule has 160 valence electrons. The number of ketones is 1. The first kappa shape index (κ1) is 21.5. The quantitative estimate of drug-likeness (QED) is 0.752. The molecule has 1 aromatic heterocycles. The average Bonchev–Trinajstić information content (AvgIpc) is 3.09. The fourth-order valence-corrected chi connectivity index (χ4v) is 3.50. The van der Waals surface area contributed by atoms with E-state index in [4.69, 9.17) is 4.42 Å². The van der Waals surface area contributed by atoms with Crippen molar-refractivity contribution in [3.8, 4) is 0 Å². The number of benzene rings is 1. The van der Waals surface area contributed by atoms with Crippen molar-refractivity contribution in [3.05, 3.63) is 36.1 Å². The van der Waals surface area contributed by atoms with Crippen molar-refractivity contribution in [3.63, 3.8) is 0 Å². The minimum Gasteiger partial charge on any atom is -0.451 e. The molecule has 0 saturated carbocycles. The number of fused-ring (bicyclic) bond motifs is 1. The summed E-state index contributed by atoms with van der Waals surface area (Å²) in [5.74, 6) is -1.02. The highest BCUT2D eigenvalue weighted by Gasteiger charge is 2.31. The molecule has 0 aliphatic carbocycles. The van der Waals surface area contributed by atoms with Crippen LogP contribution < -0.4 is 10.6 Å². The molecule has 3 rings (SSSR count). The van der Waals surface area contributed by atoms with Crippen LogP contribution >= 0.6 is 0 Å². The van der Waals surface area contributed by atoms with Crippen LogP contribution in [0.25, 0.3) is 11.0 Å². The molecule has 1 aromatic carbocycles. The first-order valence-corrected chi connectivity index (χ1v) is 10.1. The summed E-state index contributed by atoms with van der Waals surface area (Å²) in [6.45, 7) is 3.85. The van der Waals surface area contributed by atoms with E-state index in [1.807, 2.05) is 32.0 Å². The number of hydrogen-bond donors (Lipinski definition) is 2. The molecule has 1 aliphatic rings. The second-order valence-electron chi connectivity index (χ2n) is 8.12. The molecule has 2 heterocycles. The van der Waals surface area contributed by atoms with Gasteiger partial charge in [0.15, 0.2) is 11.5 Å². The second kappa shape index (κ2) is 9.11. The van der Waals surface area contributed by atoms with Crippen LogP contribution in [-0.2, 0) is 14.4 Å². The lowest BCUT2D eigenvalue weighted by Crippen LogP contribution is -2.52. The van der Waals surface area contributed by atoms with Gasteiger partial charge in [0.25, 0.3) is 5.91 Å². The SMILES string of the molecule is CC(C)C[C@H](NC(=O)c1cc2ccccc2o1)C(=O)N[C@H]1CCC(=O)N(C)CC1=O. The van der Waals surface area contributed by atoms with Crippen LogP contribution in [0.5, 0.6) is 0 Å². The highest BCUT2D eigenvalue weighted by Crippen LogP contribution is 2.19. The maximum atomic E-state index is 12.9. The van der Waals surface area contributed by atoms with Gasteiger partial charge in [-0.3, -0.25) is 19.2 Å². The number of Topliss-reactive ketones (excluding diaryl/α,β-unsaturated/α-hetero) is 1. The molecule has 1 saturated heterocycles. The number of hydrogen-bond acceptors (Lipinski definition) is 5. The Labute approximate surface area is 175 Å². The van der Waals surface area contributed by atoms with Crippen LogP contribution in [0.3, 0.4) is 0 Å². The molecule has 2 atom stereocenters. The topological polar surface area (TPSA) is 109 Å². The molecule has 0 spiro atoms. The van der Waals surface area contributed by atoms with Gasteiger partial charge in [-0.05, 0) is 30.9 Å². The van der Waals surface area contributed by atoms with Crippen molar-refractivity contribution in [2.45, 2.75) is 45.2 Å². The third-order valence-electron chi connectivity index (χ3n) is 5.15. The summed E-state index contributed by atoms with van der Waals surface area (Å²) < 4.78 is 5.58. The van der Waals surface area contributed by atoms with Crippen LogP contribution in [0.15, 0.2) is 34.7 Å². The van der Waals surface area contributed by atoms with E-state index in [0.717, 1.165) is 5.39 Å². The van der Waals surface area contributed by atoms with Gasteiger partial charge in [-0.25, -0.2) is 0 Å². The number of likely N-dealkylation sites (N-methyl/N-ethyl adjacent to an activating group) is 1. The summed E-state index contributed by atoms with van der Waals surface area (Å²) in [4.78, 5) is 51.2. The highest BCUT2D eigenvalue weighted by atomic mass is 16.3. The number of likely N-dealkylation sites (tertiary alicyclic amines) is 1. The van der Waals surface area contributed by atoms with Crippen molar-refractivity contribution in [1.29, 1.82) is 0 Å². The maximum absolute atomic E-state index is 12.9. The smallest absolute Gasteiger partial charge is 0.287 e. The molecule has 1 fully saturated rings. The number of carbonyl (C=O) groups excluding carboxylic acids is 4. The molecule has 2 N–H and O–H groups in total. The minimum absolute atomic E-state index is 0.0377. The number of amides is 3. The van der Waals surface area contributed by atoms with Crippen LogP contribution in [0.4, 0.5) is 0 Å². The van der Waals surface area contributed by atoms with E-state index in [2.05, 4.69) is 10.6 Å². The monoisotopic (exact) mass is 413 g/mol. The molecule has 0 unspecified atom stereocenters. The lowest BCUT2D eigenvalue weighted by atomic mass is 10.0. The Morgan fingerprint density at radius 2 is 1.97 bits per heavy atom. The molecule has 8 heteroatoms. The van der Waals surface area contributed by atoms with E-state index in [0.29, 0.717) is 12.0 Å². The third-order valence-corrected chi connectivity index (χ3v) is 5.15. The summed E-state index contributed by atoms with van der Waals surface area (Å²) in [5.41, 5.74) is 0.588. The van der Waals surface area contributed by atoms with E-state index >= 15 is 0 Å². The van der Waals surface area contributed by atoms with Gasteiger partial charge in [-0.2, -0.15) is 0 Å². The van der Waals surface area contributed by atoms with Crippen LogP contribution in [0.2, 0.25) is 0 Å². The number of carbonyl (C=O) groups is 4. The Morgan fingerprint density at radius 1 is 1.23 bits per heavy atom.